The van der Waals surface area contributed by atoms with Crippen LogP contribution in [0.15, 0.2) is 59.5 Å². The molecule has 7 rings (SSSR count). The first-order chi connectivity index (χ1) is 25.5. The summed E-state index contributed by atoms with van der Waals surface area (Å²) in [5.74, 6) is -4.67. The van der Waals surface area contributed by atoms with Crippen LogP contribution in [-0.2, 0) is 44.0 Å². The fourth-order valence-electron chi connectivity index (χ4n) is 8.50. The van der Waals surface area contributed by atoms with E-state index in [0.717, 1.165) is 18.2 Å². The summed E-state index contributed by atoms with van der Waals surface area (Å²) in [6, 6.07) is 11.1. The molecule has 2 N–H and O–H groups in total. The highest BCUT2D eigenvalue weighted by Crippen LogP contribution is 2.47. The van der Waals surface area contributed by atoms with Crippen molar-refractivity contribution in [2.24, 2.45) is 23.7 Å². The lowest BCUT2D eigenvalue weighted by atomic mass is 9.92. The number of amides is 3. The van der Waals surface area contributed by atoms with E-state index in [0.29, 0.717) is 37.5 Å². The van der Waals surface area contributed by atoms with Crippen LogP contribution in [-0.4, -0.2) is 91.8 Å². The van der Waals surface area contributed by atoms with Crippen molar-refractivity contribution in [1.82, 2.24) is 19.2 Å². The summed E-state index contributed by atoms with van der Waals surface area (Å²) in [6.07, 6.45) is 8.04. The van der Waals surface area contributed by atoms with Crippen LogP contribution in [0.5, 0.6) is 0 Å². The van der Waals surface area contributed by atoms with Crippen molar-refractivity contribution in [2.45, 2.75) is 106 Å². The molecule has 6 atom stereocenters. The van der Waals surface area contributed by atoms with Crippen LogP contribution in [0, 0.1) is 23.7 Å². The van der Waals surface area contributed by atoms with E-state index in [1.165, 1.54) is 9.21 Å². The highest BCUT2D eigenvalue weighted by Gasteiger charge is 2.63. The number of sulfonamides is 2. The molecule has 0 aromatic heterocycles. The molecule has 3 heterocycles. The normalized spacial score (nSPS) is 30.3. The van der Waals surface area contributed by atoms with E-state index in [-0.39, 0.29) is 37.4 Å². The van der Waals surface area contributed by atoms with Crippen LogP contribution in [0.4, 0.5) is 0 Å². The van der Waals surface area contributed by atoms with Gasteiger partial charge in [0.2, 0.25) is 31.9 Å². The van der Waals surface area contributed by atoms with E-state index in [9.17, 15) is 36.0 Å². The molecule has 2 aromatic carbocycles. The average molecular weight is 783 g/mol. The largest absolute Gasteiger partial charge is 0.460 e. The van der Waals surface area contributed by atoms with E-state index in [4.69, 9.17) is 4.74 Å². The number of esters is 1. The van der Waals surface area contributed by atoms with Crippen LogP contribution in [0.3, 0.4) is 0 Å². The van der Waals surface area contributed by atoms with Gasteiger partial charge in [0.15, 0.2) is 0 Å². The van der Waals surface area contributed by atoms with Crippen molar-refractivity contribution in [1.29, 1.82) is 0 Å². The smallest absolute Gasteiger partial charge is 0.307 e. The number of allylic oxidation sites excluding steroid dienone is 1. The van der Waals surface area contributed by atoms with Crippen LogP contribution in [0.2, 0.25) is 0 Å². The van der Waals surface area contributed by atoms with Gasteiger partial charge in [-0.2, -0.15) is 4.31 Å². The third kappa shape index (κ3) is 7.68. The third-order valence-corrected chi connectivity index (χ3v) is 15.2. The monoisotopic (exact) mass is 782 g/mol. The number of nitrogens with zero attached hydrogens (tertiary/aromatic N) is 2. The van der Waals surface area contributed by atoms with Crippen molar-refractivity contribution in [3.8, 4) is 0 Å². The first-order valence-electron chi connectivity index (χ1n) is 19.1. The minimum absolute atomic E-state index is 0.0482. The van der Waals surface area contributed by atoms with Crippen molar-refractivity contribution < 1.29 is 40.8 Å². The summed E-state index contributed by atoms with van der Waals surface area (Å²) in [5.41, 5.74) is -2.31. The number of benzene rings is 2. The predicted molar refractivity (Wildman–Crippen MR) is 200 cm³/mol. The van der Waals surface area contributed by atoms with E-state index < -0.39 is 89.8 Å². The summed E-state index contributed by atoms with van der Waals surface area (Å²) in [5, 5.41) is 3.60. The molecule has 5 aliphatic rings. The number of nitrogens with one attached hydrogen (secondary N) is 2. The minimum atomic E-state index is -4.03. The first kappa shape index (κ1) is 38.5. The van der Waals surface area contributed by atoms with Gasteiger partial charge in [0.1, 0.15) is 17.2 Å². The second-order valence-corrected chi connectivity index (χ2v) is 20.5. The molecular weight excluding hydrogens is 733 g/mol. The molecule has 2 aromatic rings. The maximum Gasteiger partial charge on any atom is 0.307 e. The van der Waals surface area contributed by atoms with Crippen LogP contribution >= 0.6 is 0 Å². The standard InChI is InChI=1S/C39H50N4O9S2/c1-38(2,3)52-33(44)20-26-13-7-5-4-6-8-15-28-21-39(28,37(47)41-53(48,49)29-18-19-29)40-35(45)34-31-24-42(22-27(31)23-43(34)36(26)46)54(50,51)32-17-11-14-25-12-9-10-16-30(25)32/h8-12,14-17,26-29,31,34H,4-7,13,18-24H2,1-3H3,(H,40,45)(H,41,47)/b15-8-/t26-,27-,28+,31-,34-,39+/m0/s1. The summed E-state index contributed by atoms with van der Waals surface area (Å²) >= 11 is 0. The van der Waals surface area contributed by atoms with Crippen LogP contribution in [0.1, 0.15) is 78.6 Å². The number of carbonyl (C=O) groups is 4. The molecule has 13 nitrogen and oxygen atoms in total. The summed E-state index contributed by atoms with van der Waals surface area (Å²) < 4.78 is 63.5. The lowest BCUT2D eigenvalue weighted by molar-refractivity contribution is -0.159. The zero-order valence-corrected chi connectivity index (χ0v) is 32.7. The second-order valence-electron chi connectivity index (χ2n) is 16.7. The molecule has 3 amide bonds. The Morgan fingerprint density at radius 1 is 0.944 bits per heavy atom. The van der Waals surface area contributed by atoms with Crippen LogP contribution in [0.25, 0.3) is 10.8 Å². The molecule has 0 unspecified atom stereocenters. The Kier molecular flexibility index (Phi) is 10.2. The molecule has 4 fully saturated rings. The first-order valence-corrected chi connectivity index (χ1v) is 22.0. The van der Waals surface area contributed by atoms with Gasteiger partial charge >= 0.3 is 5.97 Å². The zero-order chi connectivity index (χ0) is 38.6. The van der Waals surface area contributed by atoms with Gasteiger partial charge in [-0.1, -0.05) is 61.4 Å². The van der Waals surface area contributed by atoms with E-state index in [1.54, 1.807) is 45.0 Å². The number of rotatable bonds is 7. The molecule has 0 bridgehead atoms. The van der Waals surface area contributed by atoms with Gasteiger partial charge in [0.25, 0.3) is 5.91 Å². The van der Waals surface area contributed by atoms with Crippen molar-refractivity contribution >= 4 is 54.5 Å². The van der Waals surface area contributed by atoms with E-state index >= 15 is 0 Å². The SMILES string of the molecule is CC(C)(C)OC(=O)C[C@@H]1CCCCC/C=C\[C@@H]2C[C@@]2(C(=O)NS(=O)(=O)C2CC2)NC(=O)[C@@H]2[C@H]3CN(S(=O)(=O)c4cccc5ccccc45)C[C@H]3CN2C1=O. The second kappa shape index (κ2) is 14.4. The van der Waals surface area contributed by atoms with Gasteiger partial charge < -0.3 is 15.0 Å². The minimum Gasteiger partial charge on any atom is -0.460 e. The number of carbonyl (C=O) groups excluding carboxylic acids is 4. The Balaban J connectivity index is 1.22. The quantitative estimate of drug-likeness (QED) is 0.314. The summed E-state index contributed by atoms with van der Waals surface area (Å²) in [4.78, 5) is 57.8. The average Bonchev–Trinajstić information content (AvgIpc) is 4.00. The van der Waals surface area contributed by atoms with Gasteiger partial charge in [0.05, 0.1) is 16.6 Å². The van der Waals surface area contributed by atoms with Crippen molar-refractivity contribution in [3.05, 3.63) is 54.6 Å². The Bertz CT molecular complexity index is 2090. The number of hydrogen-bond donors (Lipinski definition) is 2. The molecule has 0 radical (unpaired) electrons. The topological polar surface area (TPSA) is 176 Å². The number of ether oxygens (including phenoxy) is 1. The fourth-order valence-corrected chi connectivity index (χ4v) is 11.6. The molecule has 0 spiro atoms. The highest BCUT2D eigenvalue weighted by atomic mass is 32.2. The molecular formula is C39H50N4O9S2. The zero-order valence-electron chi connectivity index (χ0n) is 31.0. The van der Waals surface area contributed by atoms with Gasteiger partial charge in [-0.3, -0.25) is 23.9 Å². The fraction of sp³-hybridized carbons (Fsp3) is 0.590. The Morgan fingerprint density at radius 3 is 2.43 bits per heavy atom. The van der Waals surface area contributed by atoms with Crippen molar-refractivity contribution in [3.63, 3.8) is 0 Å². The summed E-state index contributed by atoms with van der Waals surface area (Å²) in [7, 11) is -7.95. The lowest BCUT2D eigenvalue weighted by Crippen LogP contribution is -2.58. The molecule has 54 heavy (non-hydrogen) atoms. The van der Waals surface area contributed by atoms with Gasteiger partial charge in [-0.05, 0) is 76.7 Å². The summed E-state index contributed by atoms with van der Waals surface area (Å²) in [6.45, 7) is 5.36. The Morgan fingerprint density at radius 2 is 1.69 bits per heavy atom. The molecule has 2 saturated heterocycles. The van der Waals surface area contributed by atoms with E-state index in [1.807, 2.05) is 30.4 Å². The van der Waals surface area contributed by atoms with Crippen molar-refractivity contribution in [2.75, 3.05) is 19.6 Å². The highest BCUT2D eigenvalue weighted by molar-refractivity contribution is 7.91. The molecule has 3 aliphatic heterocycles. The van der Waals surface area contributed by atoms with Crippen LogP contribution < -0.4 is 10.0 Å². The van der Waals surface area contributed by atoms with E-state index in [2.05, 4.69) is 10.0 Å². The van der Waals surface area contributed by atoms with Gasteiger partial charge in [-0.15, -0.1) is 0 Å². The van der Waals surface area contributed by atoms with Gasteiger partial charge in [0, 0.05) is 42.8 Å². The number of fused-ring (bicyclic) bond motifs is 5. The Labute approximate surface area is 317 Å². The third-order valence-electron chi connectivity index (χ3n) is 11.5. The molecule has 2 saturated carbocycles. The maximum absolute atomic E-state index is 14.7. The van der Waals surface area contributed by atoms with Gasteiger partial charge in [-0.25, -0.2) is 16.8 Å². The molecule has 2 aliphatic carbocycles. The molecule has 15 heteroatoms. The predicted octanol–water partition coefficient (Wildman–Crippen LogP) is 3.64. The molecule has 292 valence electrons. The Hall–Kier alpha value is -3.82. The number of hydrogen-bond acceptors (Lipinski definition) is 9. The lowest BCUT2D eigenvalue weighted by Gasteiger charge is -2.32. The maximum atomic E-state index is 14.7.